The molecule has 0 saturated carbocycles. The summed E-state index contributed by atoms with van der Waals surface area (Å²) < 4.78 is 4.71. The molecule has 2 bridgehead atoms. The molecule has 7 heteroatoms. The monoisotopic (exact) mass is 293 g/mol. The van der Waals surface area contributed by atoms with Crippen LogP contribution in [0.2, 0.25) is 0 Å². The predicted octanol–water partition coefficient (Wildman–Crippen LogP) is 1.59. The van der Waals surface area contributed by atoms with Gasteiger partial charge in [0.1, 0.15) is 0 Å². The number of carbonyl (C=O) groups excluding carboxylic acids is 1. The molecule has 0 N–H and O–H groups in total. The first-order valence-corrected chi connectivity index (χ1v) is 6.37. The molecule has 0 aromatic carbocycles. The average Bonchev–Trinajstić information content (AvgIpc) is 2.76. The van der Waals surface area contributed by atoms with Crippen LogP contribution in [0.3, 0.4) is 0 Å². The summed E-state index contributed by atoms with van der Waals surface area (Å²) in [5.41, 5.74) is -3.49. The van der Waals surface area contributed by atoms with Gasteiger partial charge in [0, 0.05) is 11.6 Å². The van der Waals surface area contributed by atoms with Crippen molar-refractivity contribution in [3.63, 3.8) is 0 Å². The zero-order valence-electron chi connectivity index (χ0n) is 11.9. The maximum absolute atomic E-state index is 12.1. The van der Waals surface area contributed by atoms with E-state index in [-0.39, 0.29) is 0 Å². The van der Waals surface area contributed by atoms with Crippen molar-refractivity contribution in [1.82, 2.24) is 4.90 Å². The summed E-state index contributed by atoms with van der Waals surface area (Å²) in [5.74, 6) is -0.771. The van der Waals surface area contributed by atoms with E-state index in [0.29, 0.717) is 5.70 Å². The maximum Gasteiger partial charge on any atom is 0.414 e. The molecular formula is C15H11N5O2. The second kappa shape index (κ2) is 4.92. The SMILES string of the molecule is COC(=O)N1C(C)=C[C@H]2C=C[C@@H]1C(C#N)(C#N)C2(C#N)C#N. The van der Waals surface area contributed by atoms with E-state index in [1.54, 1.807) is 13.0 Å². The molecule has 0 fully saturated rings. The fourth-order valence-corrected chi connectivity index (χ4v) is 3.07. The Hall–Kier alpha value is -3.29. The second-order valence-electron chi connectivity index (χ2n) is 5.07. The molecule has 0 saturated heterocycles. The molecule has 0 unspecified atom stereocenters. The first-order chi connectivity index (χ1) is 10.5. The Kier molecular flexibility index (Phi) is 3.38. The van der Waals surface area contributed by atoms with E-state index in [9.17, 15) is 25.8 Å². The number of carbonyl (C=O) groups is 1. The molecule has 0 radical (unpaired) electrons. The van der Waals surface area contributed by atoms with Crippen LogP contribution >= 0.6 is 0 Å². The summed E-state index contributed by atoms with van der Waals surface area (Å²) in [6, 6.07) is 6.26. The lowest BCUT2D eigenvalue weighted by Gasteiger charge is -2.42. The molecular weight excluding hydrogens is 282 g/mol. The normalized spacial score (nSPS) is 26.5. The minimum Gasteiger partial charge on any atom is -0.452 e. The van der Waals surface area contributed by atoms with Gasteiger partial charge in [-0.2, -0.15) is 21.0 Å². The zero-order valence-corrected chi connectivity index (χ0v) is 11.9. The lowest BCUT2D eigenvalue weighted by Crippen LogP contribution is -2.56. The van der Waals surface area contributed by atoms with Gasteiger partial charge < -0.3 is 4.74 Å². The number of fused-ring (bicyclic) bond motifs is 2. The van der Waals surface area contributed by atoms with Crippen LogP contribution in [0.15, 0.2) is 23.9 Å². The van der Waals surface area contributed by atoms with Gasteiger partial charge in [-0.1, -0.05) is 18.2 Å². The molecule has 3 aliphatic rings. The van der Waals surface area contributed by atoms with Crippen molar-refractivity contribution in [3.8, 4) is 24.3 Å². The molecule has 1 aliphatic carbocycles. The van der Waals surface area contributed by atoms with E-state index < -0.39 is 28.9 Å². The highest BCUT2D eigenvalue weighted by Crippen LogP contribution is 2.55. The first kappa shape index (κ1) is 15.1. The minimum absolute atomic E-state index is 0.425. The van der Waals surface area contributed by atoms with Gasteiger partial charge in [0.2, 0.25) is 0 Å². The lowest BCUT2D eigenvalue weighted by atomic mass is 9.54. The summed E-state index contributed by atoms with van der Waals surface area (Å²) in [4.78, 5) is 13.2. The summed E-state index contributed by atoms with van der Waals surface area (Å²) in [6.45, 7) is 1.61. The minimum atomic E-state index is -2.02. The summed E-state index contributed by atoms with van der Waals surface area (Å²) in [5, 5.41) is 38.4. The maximum atomic E-state index is 12.1. The van der Waals surface area contributed by atoms with Crippen molar-refractivity contribution in [2.45, 2.75) is 13.0 Å². The van der Waals surface area contributed by atoms with Gasteiger partial charge in [-0.3, -0.25) is 4.90 Å². The van der Waals surface area contributed by atoms with E-state index in [2.05, 4.69) is 0 Å². The average molecular weight is 293 g/mol. The molecule has 2 heterocycles. The number of allylic oxidation sites excluding steroid dienone is 3. The van der Waals surface area contributed by atoms with Gasteiger partial charge in [-0.25, -0.2) is 4.79 Å². The topological polar surface area (TPSA) is 125 Å². The quantitative estimate of drug-likeness (QED) is 0.624. The second-order valence-corrected chi connectivity index (χ2v) is 5.07. The van der Waals surface area contributed by atoms with Crippen molar-refractivity contribution < 1.29 is 9.53 Å². The molecule has 7 nitrogen and oxygen atoms in total. The fraction of sp³-hybridized carbons (Fsp3) is 0.400. The van der Waals surface area contributed by atoms with E-state index in [0.717, 1.165) is 4.90 Å². The summed E-state index contributed by atoms with van der Waals surface area (Å²) in [6.07, 6.45) is 3.87. The van der Waals surface area contributed by atoms with Crippen LogP contribution in [0.1, 0.15) is 6.92 Å². The third-order valence-corrected chi connectivity index (χ3v) is 4.22. The smallest absolute Gasteiger partial charge is 0.414 e. The van der Waals surface area contributed by atoms with Crippen LogP contribution in [-0.2, 0) is 4.74 Å². The largest absolute Gasteiger partial charge is 0.452 e. The lowest BCUT2D eigenvalue weighted by molar-refractivity contribution is 0.0957. The third kappa shape index (κ3) is 1.48. The molecule has 2 atom stereocenters. The highest BCUT2D eigenvalue weighted by Gasteiger charge is 2.67. The molecule has 2 aliphatic heterocycles. The summed E-state index contributed by atoms with van der Waals surface area (Å²) >= 11 is 0. The van der Waals surface area contributed by atoms with Crippen LogP contribution in [0, 0.1) is 62.1 Å². The van der Waals surface area contributed by atoms with Gasteiger partial charge in [0.15, 0.2) is 10.8 Å². The van der Waals surface area contributed by atoms with Crippen LogP contribution in [-0.4, -0.2) is 24.1 Å². The van der Waals surface area contributed by atoms with E-state index >= 15 is 0 Å². The van der Waals surface area contributed by atoms with Crippen molar-refractivity contribution in [2.24, 2.45) is 16.7 Å². The Bertz CT molecular complexity index is 725. The van der Waals surface area contributed by atoms with Crippen LogP contribution < -0.4 is 0 Å². The molecule has 22 heavy (non-hydrogen) atoms. The van der Waals surface area contributed by atoms with Crippen molar-refractivity contribution in [2.75, 3.05) is 7.11 Å². The number of amides is 1. The Morgan fingerprint density at radius 1 is 1.14 bits per heavy atom. The van der Waals surface area contributed by atoms with E-state index in [1.165, 1.54) is 19.3 Å². The number of hydrogen-bond acceptors (Lipinski definition) is 6. The van der Waals surface area contributed by atoms with Gasteiger partial charge in [-0.15, -0.1) is 0 Å². The fourth-order valence-electron chi connectivity index (χ4n) is 3.07. The Morgan fingerprint density at radius 3 is 2.14 bits per heavy atom. The van der Waals surface area contributed by atoms with Crippen LogP contribution in [0.25, 0.3) is 0 Å². The highest BCUT2D eigenvalue weighted by atomic mass is 16.5. The van der Waals surface area contributed by atoms with Crippen molar-refractivity contribution in [1.29, 1.82) is 21.0 Å². The van der Waals surface area contributed by atoms with Gasteiger partial charge >= 0.3 is 6.09 Å². The number of methoxy groups -OCH3 is 1. The highest BCUT2D eigenvalue weighted by molar-refractivity contribution is 5.72. The zero-order chi connectivity index (χ0) is 16.5. The van der Waals surface area contributed by atoms with Crippen molar-refractivity contribution in [3.05, 3.63) is 23.9 Å². The van der Waals surface area contributed by atoms with Crippen molar-refractivity contribution >= 4 is 6.09 Å². The number of ether oxygens (including phenoxy) is 1. The predicted molar refractivity (Wildman–Crippen MR) is 71.7 cm³/mol. The Morgan fingerprint density at radius 2 is 1.68 bits per heavy atom. The first-order valence-electron chi connectivity index (χ1n) is 6.37. The molecule has 108 valence electrons. The number of rotatable bonds is 0. The Labute approximate surface area is 127 Å². The van der Waals surface area contributed by atoms with Crippen LogP contribution in [0.4, 0.5) is 4.79 Å². The molecule has 0 aromatic rings. The summed E-state index contributed by atoms with van der Waals surface area (Å²) in [7, 11) is 1.18. The number of nitrogens with zero attached hydrogens (tertiary/aromatic N) is 5. The number of hydrogen-bond donors (Lipinski definition) is 0. The standard InChI is InChI=1S/C15H11N5O2/c1-10-5-11-3-4-12(20(10)13(21)22-2)15(8-18,9-19)14(11,6-16)7-17/h3-5,11-12H,1-2H3/t11-,12-/m1/s1. The number of nitriles is 4. The van der Waals surface area contributed by atoms with Gasteiger partial charge in [0.05, 0.1) is 37.4 Å². The van der Waals surface area contributed by atoms with Crippen LogP contribution in [0.5, 0.6) is 0 Å². The Balaban J connectivity index is 2.86. The molecule has 1 amide bonds. The molecule has 0 spiro atoms. The molecule has 3 rings (SSSR count). The van der Waals surface area contributed by atoms with Gasteiger partial charge in [-0.05, 0) is 6.92 Å². The molecule has 0 aromatic heterocycles. The third-order valence-electron chi connectivity index (χ3n) is 4.22. The van der Waals surface area contributed by atoms with Gasteiger partial charge in [0.25, 0.3) is 0 Å². The van der Waals surface area contributed by atoms with E-state index in [4.69, 9.17) is 4.74 Å². The van der Waals surface area contributed by atoms with E-state index in [1.807, 2.05) is 24.3 Å².